The monoisotopic (exact) mass is 711 g/mol. The summed E-state index contributed by atoms with van der Waals surface area (Å²) in [4.78, 5) is 10.3. The molecule has 1 aliphatic carbocycles. The summed E-state index contributed by atoms with van der Waals surface area (Å²) in [6.45, 7) is 0. The second-order valence-electron chi connectivity index (χ2n) is 14.9. The van der Waals surface area contributed by atoms with Crippen molar-refractivity contribution in [2.45, 2.75) is 5.41 Å². The highest BCUT2D eigenvalue weighted by atomic mass is 15.0. The van der Waals surface area contributed by atoms with Gasteiger partial charge in [-0.15, -0.1) is 0 Å². The van der Waals surface area contributed by atoms with Gasteiger partial charge in [-0.25, -0.2) is 9.97 Å². The molecular weight excluding hydrogens is 679 g/mol. The Bertz CT molecular complexity index is 3140. The van der Waals surface area contributed by atoms with E-state index >= 15 is 0 Å². The summed E-state index contributed by atoms with van der Waals surface area (Å²) in [5.41, 5.74) is 18.3. The molecule has 0 amide bonds. The summed E-state index contributed by atoms with van der Waals surface area (Å²) in [6.07, 6.45) is 0. The minimum Gasteiger partial charge on any atom is -0.309 e. The molecule has 3 heteroatoms. The van der Waals surface area contributed by atoms with Crippen LogP contribution in [0.2, 0.25) is 0 Å². The van der Waals surface area contributed by atoms with E-state index in [1.165, 1.54) is 60.9 Å². The fraction of sp³-hybridized carbons (Fsp3) is 0.0189. The van der Waals surface area contributed by atoms with Gasteiger partial charge in [0.2, 0.25) is 0 Å². The Hall–Kier alpha value is -7.36. The largest absolute Gasteiger partial charge is 0.309 e. The topological polar surface area (TPSA) is 30.7 Å². The molecule has 3 nitrogen and oxygen atoms in total. The number of hydrogen-bond donors (Lipinski definition) is 0. The van der Waals surface area contributed by atoms with Crippen molar-refractivity contribution < 1.29 is 0 Å². The van der Waals surface area contributed by atoms with Gasteiger partial charge >= 0.3 is 0 Å². The first-order valence-corrected chi connectivity index (χ1v) is 19.2. The van der Waals surface area contributed by atoms with E-state index in [0.717, 1.165) is 39.2 Å². The fourth-order valence-electron chi connectivity index (χ4n) is 9.67. The number of hydrogen-bond acceptors (Lipinski definition) is 2. The molecule has 1 aliphatic heterocycles. The summed E-state index contributed by atoms with van der Waals surface area (Å²) in [5, 5.41) is 2.57. The van der Waals surface area contributed by atoms with Crippen molar-refractivity contribution in [3.05, 3.63) is 222 Å². The SMILES string of the molecule is c1ccc(-c2cc(-c3ccccc3)nc(-c3cccc(-c4ccc5c(c4)C4(c6ccccc6-5)c5ccccc5-n5c6ccccc6c6cccc4c65)c3)n2)cc1. The fourth-order valence-corrected chi connectivity index (χ4v) is 9.67. The van der Waals surface area contributed by atoms with Crippen LogP contribution in [-0.2, 0) is 5.41 Å². The number of benzene rings is 8. The van der Waals surface area contributed by atoms with Crippen molar-refractivity contribution in [2.24, 2.45) is 0 Å². The molecule has 56 heavy (non-hydrogen) atoms. The van der Waals surface area contributed by atoms with E-state index in [-0.39, 0.29) is 0 Å². The third-order valence-corrected chi connectivity index (χ3v) is 12.0. The third-order valence-electron chi connectivity index (χ3n) is 12.0. The molecular formula is C53H33N3. The molecule has 3 heterocycles. The molecule has 0 radical (unpaired) electrons. The smallest absolute Gasteiger partial charge is 0.160 e. The lowest BCUT2D eigenvalue weighted by molar-refractivity contribution is 0.749. The molecule has 0 N–H and O–H groups in total. The molecule has 12 rings (SSSR count). The van der Waals surface area contributed by atoms with Crippen LogP contribution in [0.3, 0.4) is 0 Å². The highest BCUT2D eigenvalue weighted by Crippen LogP contribution is 2.61. The van der Waals surface area contributed by atoms with Crippen LogP contribution in [0.15, 0.2) is 200 Å². The first kappa shape index (κ1) is 31.0. The van der Waals surface area contributed by atoms with Gasteiger partial charge in [0.1, 0.15) is 0 Å². The maximum absolute atomic E-state index is 5.16. The number of rotatable bonds is 4. The predicted molar refractivity (Wildman–Crippen MR) is 229 cm³/mol. The van der Waals surface area contributed by atoms with Crippen molar-refractivity contribution >= 4 is 21.8 Å². The van der Waals surface area contributed by atoms with E-state index < -0.39 is 5.41 Å². The molecule has 1 spiro atoms. The van der Waals surface area contributed by atoms with E-state index in [9.17, 15) is 0 Å². The molecule has 2 aromatic heterocycles. The van der Waals surface area contributed by atoms with Crippen LogP contribution in [0.5, 0.6) is 0 Å². The maximum Gasteiger partial charge on any atom is 0.160 e. The van der Waals surface area contributed by atoms with Gasteiger partial charge in [0.15, 0.2) is 5.82 Å². The number of para-hydroxylation sites is 3. The molecule has 0 saturated heterocycles. The Morgan fingerprint density at radius 3 is 1.73 bits per heavy atom. The van der Waals surface area contributed by atoms with Crippen LogP contribution in [0, 0.1) is 0 Å². The van der Waals surface area contributed by atoms with Crippen molar-refractivity contribution in [1.29, 1.82) is 0 Å². The average molecular weight is 712 g/mol. The quantitative estimate of drug-likeness (QED) is 0.182. The average Bonchev–Trinajstić information content (AvgIpc) is 3.77. The molecule has 260 valence electrons. The molecule has 8 aromatic carbocycles. The van der Waals surface area contributed by atoms with Crippen molar-refractivity contribution in [1.82, 2.24) is 14.5 Å². The van der Waals surface area contributed by atoms with E-state index in [1.807, 2.05) is 12.1 Å². The van der Waals surface area contributed by atoms with Crippen LogP contribution in [0.4, 0.5) is 0 Å². The summed E-state index contributed by atoms with van der Waals surface area (Å²) < 4.78 is 2.50. The van der Waals surface area contributed by atoms with Gasteiger partial charge in [-0.3, -0.25) is 0 Å². The van der Waals surface area contributed by atoms with Crippen LogP contribution >= 0.6 is 0 Å². The Morgan fingerprint density at radius 1 is 0.357 bits per heavy atom. The van der Waals surface area contributed by atoms with Crippen molar-refractivity contribution in [3.8, 4) is 61.8 Å². The van der Waals surface area contributed by atoms with Crippen LogP contribution in [0.25, 0.3) is 83.6 Å². The summed E-state index contributed by atoms with van der Waals surface area (Å²) in [5.74, 6) is 0.706. The van der Waals surface area contributed by atoms with Gasteiger partial charge < -0.3 is 4.57 Å². The molecule has 0 fully saturated rings. The summed E-state index contributed by atoms with van der Waals surface area (Å²) in [7, 11) is 0. The first-order chi connectivity index (χ1) is 27.8. The van der Waals surface area contributed by atoms with Gasteiger partial charge in [0.05, 0.1) is 33.5 Å². The van der Waals surface area contributed by atoms with Crippen molar-refractivity contribution in [3.63, 3.8) is 0 Å². The highest BCUT2D eigenvalue weighted by molar-refractivity contribution is 6.12. The Balaban J connectivity index is 1.08. The normalized spacial score (nSPS) is 14.9. The minimum absolute atomic E-state index is 0.502. The molecule has 10 aromatic rings. The lowest BCUT2D eigenvalue weighted by Gasteiger charge is -2.39. The number of nitrogens with zero attached hydrogens (tertiary/aromatic N) is 3. The Labute approximate surface area is 324 Å². The van der Waals surface area contributed by atoms with Gasteiger partial charge in [-0.05, 0) is 74.8 Å². The zero-order chi connectivity index (χ0) is 36.8. The summed E-state index contributed by atoms with van der Waals surface area (Å²) >= 11 is 0. The number of fused-ring (bicyclic) bond motifs is 12. The Kier molecular flexibility index (Phi) is 6.55. The lowest BCUT2D eigenvalue weighted by Crippen LogP contribution is -2.33. The van der Waals surface area contributed by atoms with Gasteiger partial charge in [-0.1, -0.05) is 170 Å². The van der Waals surface area contributed by atoms with E-state index in [1.54, 1.807) is 0 Å². The predicted octanol–water partition coefficient (Wildman–Crippen LogP) is 12.9. The second kappa shape index (κ2) is 11.8. The van der Waals surface area contributed by atoms with Gasteiger partial charge in [0.25, 0.3) is 0 Å². The molecule has 2 aliphatic rings. The van der Waals surface area contributed by atoms with Crippen LogP contribution in [0.1, 0.15) is 22.3 Å². The van der Waals surface area contributed by atoms with E-state index in [4.69, 9.17) is 9.97 Å². The molecule has 1 unspecified atom stereocenters. The zero-order valence-electron chi connectivity index (χ0n) is 30.4. The molecule has 1 atom stereocenters. The first-order valence-electron chi connectivity index (χ1n) is 19.2. The van der Waals surface area contributed by atoms with Gasteiger partial charge in [-0.2, -0.15) is 0 Å². The minimum atomic E-state index is -0.502. The number of aromatic nitrogens is 3. The van der Waals surface area contributed by atoms with E-state index in [0.29, 0.717) is 5.82 Å². The summed E-state index contributed by atoms with van der Waals surface area (Å²) in [6, 6.07) is 72.5. The van der Waals surface area contributed by atoms with Crippen LogP contribution < -0.4 is 0 Å². The third kappa shape index (κ3) is 4.28. The molecule has 0 bridgehead atoms. The second-order valence-corrected chi connectivity index (χ2v) is 14.9. The highest BCUT2D eigenvalue weighted by Gasteiger charge is 2.50. The van der Waals surface area contributed by atoms with Gasteiger partial charge in [0, 0.05) is 27.5 Å². The van der Waals surface area contributed by atoms with Crippen molar-refractivity contribution in [2.75, 3.05) is 0 Å². The lowest BCUT2D eigenvalue weighted by atomic mass is 9.65. The zero-order valence-corrected chi connectivity index (χ0v) is 30.4. The van der Waals surface area contributed by atoms with Crippen LogP contribution in [-0.4, -0.2) is 14.5 Å². The molecule has 0 saturated carbocycles. The standard InChI is InChI=1S/C53H33N3/c1-3-15-34(16-4-1)47-33-48(35-17-5-2-6-18-35)55-52(54-47)38-20-13-19-36(31-38)37-29-30-40-39-21-7-9-24-43(39)53(46(40)32-37)44-25-10-12-28-50(44)56-49-27-11-8-22-41(49)42-23-14-26-45(53)51(42)56/h1-33H. The Morgan fingerprint density at radius 2 is 0.929 bits per heavy atom. The maximum atomic E-state index is 5.16. The van der Waals surface area contributed by atoms with E-state index in [2.05, 4.69) is 193 Å².